The second-order valence-corrected chi connectivity index (χ2v) is 12.2. The van der Waals surface area contributed by atoms with Gasteiger partial charge in [-0.2, -0.15) is 0 Å². The Morgan fingerprint density at radius 1 is 1.14 bits per heavy atom. The summed E-state index contributed by atoms with van der Waals surface area (Å²) in [4.78, 5) is 39.9. The van der Waals surface area contributed by atoms with Crippen molar-refractivity contribution < 1.29 is 33.0 Å². The molecular weight excluding hydrogens is 603 g/mol. The van der Waals surface area contributed by atoms with E-state index in [0.717, 1.165) is 0 Å². The van der Waals surface area contributed by atoms with Gasteiger partial charge in [-0.15, -0.1) is 0 Å². The number of aromatic carboxylic acids is 1. The largest absolute Gasteiger partial charge is 0.495 e. The van der Waals surface area contributed by atoms with Gasteiger partial charge in [0.25, 0.3) is 0 Å². The first-order chi connectivity index (χ1) is 20.5. The minimum atomic E-state index is -1.53. The Bertz CT molecular complexity index is 1670. The molecule has 0 bridgehead atoms. The van der Waals surface area contributed by atoms with Crippen molar-refractivity contribution in [3.05, 3.63) is 87.2 Å². The van der Waals surface area contributed by atoms with E-state index >= 15 is 4.39 Å². The predicted octanol–water partition coefficient (Wildman–Crippen LogP) is 5.93. The van der Waals surface area contributed by atoms with Crippen molar-refractivity contribution in [2.75, 3.05) is 24.4 Å². The quantitative estimate of drug-likeness (QED) is 0.245. The molecule has 3 aliphatic rings. The summed E-state index contributed by atoms with van der Waals surface area (Å²) < 4.78 is 35.6. The molecule has 2 amide bonds. The van der Waals surface area contributed by atoms with E-state index in [-0.39, 0.29) is 34.0 Å². The summed E-state index contributed by atoms with van der Waals surface area (Å²) in [5, 5.41) is 18.5. The molecule has 3 aromatic rings. The number of hydrogen-bond donors (Lipinski definition) is 4. The van der Waals surface area contributed by atoms with Crippen LogP contribution < -0.4 is 20.7 Å². The summed E-state index contributed by atoms with van der Waals surface area (Å²) in [6.07, 6.45) is 1.46. The predicted molar refractivity (Wildman–Crippen MR) is 157 cm³/mol. The van der Waals surface area contributed by atoms with Gasteiger partial charge in [0.2, 0.25) is 11.8 Å². The zero-order valence-electron chi connectivity index (χ0n) is 22.8. The number of nitrogens with one attached hydrogen (secondary N) is 3. The normalized spacial score (nSPS) is 24.9. The Morgan fingerprint density at radius 2 is 1.91 bits per heavy atom. The molecule has 2 aliphatic heterocycles. The molecule has 4 N–H and O–H groups in total. The van der Waals surface area contributed by atoms with Gasteiger partial charge >= 0.3 is 5.97 Å². The third-order valence-corrected chi connectivity index (χ3v) is 9.52. The maximum Gasteiger partial charge on any atom is 0.335 e. The average molecular weight is 630 g/mol. The van der Waals surface area contributed by atoms with E-state index in [9.17, 15) is 23.9 Å². The molecule has 8 nitrogen and oxygen atoms in total. The molecule has 6 rings (SSSR count). The van der Waals surface area contributed by atoms with E-state index in [1.807, 2.05) is 0 Å². The fourth-order valence-electron chi connectivity index (χ4n) is 6.68. The molecule has 4 unspecified atom stereocenters. The van der Waals surface area contributed by atoms with E-state index in [0.29, 0.717) is 29.1 Å². The second kappa shape index (κ2) is 10.8. The zero-order chi connectivity index (χ0) is 30.7. The summed E-state index contributed by atoms with van der Waals surface area (Å²) in [5.41, 5.74) is -1.10. The number of hydrogen-bond acceptors (Lipinski definition) is 5. The standard InChI is InChI=1S/C31H27Cl2F2N3O5/c1-43-22-11-15(28(40)41)5-8-20(22)36-27(39)26-24(17-3-2-4-19(33)25(17)35)31(23(38-26)13-30(14-34)9-10-30)18-7-6-16(32)12-21(18)37-29(31)42/h2-8,11-12,23-24,26,38H,9-10,13-14H2,1H3,(H,36,39)(H,37,42)(H,40,41). The SMILES string of the molecule is COc1cc(C(=O)O)ccc1NC(=O)C1NC(CC2(CF)CC2)C2(C(=O)Nc3cc(Cl)ccc32)C1c1cccc(Cl)c1F. The monoisotopic (exact) mass is 629 g/mol. The number of alkyl halides is 1. The van der Waals surface area contributed by atoms with Gasteiger partial charge in [0.05, 0.1) is 36.1 Å². The Labute approximate surface area is 255 Å². The molecule has 3 aromatic carbocycles. The summed E-state index contributed by atoms with van der Waals surface area (Å²) in [6.45, 7) is -0.601. The van der Waals surface area contributed by atoms with Crippen LogP contribution in [-0.4, -0.2) is 48.8 Å². The van der Waals surface area contributed by atoms with Crippen LogP contribution in [0.5, 0.6) is 5.75 Å². The number of carboxylic acids is 1. The number of carbonyl (C=O) groups excluding carboxylic acids is 2. The number of fused-ring (bicyclic) bond motifs is 2. The van der Waals surface area contributed by atoms with E-state index in [4.69, 9.17) is 27.9 Å². The lowest BCUT2D eigenvalue weighted by atomic mass is 9.63. The molecule has 43 heavy (non-hydrogen) atoms. The smallest absolute Gasteiger partial charge is 0.335 e. The molecule has 1 aliphatic carbocycles. The van der Waals surface area contributed by atoms with Crippen LogP contribution in [-0.2, 0) is 15.0 Å². The summed E-state index contributed by atoms with van der Waals surface area (Å²) in [7, 11) is 1.33. The van der Waals surface area contributed by atoms with E-state index < -0.39 is 59.1 Å². The number of carboxylic acid groups (broad SMARTS) is 1. The summed E-state index contributed by atoms with van der Waals surface area (Å²) >= 11 is 12.5. The van der Waals surface area contributed by atoms with Crippen LogP contribution in [0.1, 0.15) is 46.7 Å². The maximum absolute atomic E-state index is 15.9. The van der Waals surface area contributed by atoms with Gasteiger partial charge < -0.3 is 25.8 Å². The summed E-state index contributed by atoms with van der Waals surface area (Å²) in [6, 6.07) is 11.3. The van der Waals surface area contributed by atoms with Crippen LogP contribution in [0.15, 0.2) is 54.6 Å². The Hall–Kier alpha value is -3.73. The van der Waals surface area contributed by atoms with Crippen LogP contribution in [0.25, 0.3) is 0 Å². The average Bonchev–Trinajstić information content (AvgIpc) is 3.60. The fourth-order valence-corrected chi connectivity index (χ4v) is 7.03. The number of carbonyl (C=O) groups is 3. The van der Waals surface area contributed by atoms with Crippen molar-refractivity contribution in [1.82, 2.24) is 5.32 Å². The van der Waals surface area contributed by atoms with Crippen molar-refractivity contribution in [2.45, 2.75) is 42.7 Å². The highest BCUT2D eigenvalue weighted by Crippen LogP contribution is 2.60. The minimum Gasteiger partial charge on any atom is -0.495 e. The Morgan fingerprint density at radius 3 is 2.58 bits per heavy atom. The fraction of sp³-hybridized carbons (Fsp3) is 0.323. The van der Waals surface area contributed by atoms with Crippen molar-refractivity contribution in [2.24, 2.45) is 5.41 Å². The highest BCUT2D eigenvalue weighted by atomic mass is 35.5. The van der Waals surface area contributed by atoms with E-state index in [2.05, 4.69) is 16.0 Å². The van der Waals surface area contributed by atoms with E-state index in [1.165, 1.54) is 37.4 Å². The zero-order valence-corrected chi connectivity index (χ0v) is 24.4. The first-order valence-electron chi connectivity index (χ1n) is 13.6. The van der Waals surface area contributed by atoms with E-state index in [1.54, 1.807) is 24.3 Å². The molecule has 1 spiro atoms. The minimum absolute atomic E-state index is 0.0406. The van der Waals surface area contributed by atoms with Gasteiger partial charge in [0, 0.05) is 28.1 Å². The number of ether oxygens (including phenoxy) is 1. The number of benzene rings is 3. The highest BCUT2D eigenvalue weighted by molar-refractivity contribution is 6.31. The van der Waals surface area contributed by atoms with Gasteiger partial charge in [-0.3, -0.25) is 14.0 Å². The van der Waals surface area contributed by atoms with Crippen LogP contribution in [0.4, 0.5) is 20.2 Å². The molecule has 2 fully saturated rings. The highest BCUT2D eigenvalue weighted by Gasteiger charge is 2.67. The number of halogens is 4. The Balaban J connectivity index is 1.52. The van der Waals surface area contributed by atoms with Gasteiger partial charge in [-0.05, 0) is 66.8 Å². The molecule has 12 heteroatoms. The van der Waals surface area contributed by atoms with Gasteiger partial charge in [0.1, 0.15) is 17.0 Å². The molecule has 1 saturated heterocycles. The van der Waals surface area contributed by atoms with Crippen molar-refractivity contribution in [1.29, 1.82) is 0 Å². The summed E-state index contributed by atoms with van der Waals surface area (Å²) in [5.74, 6) is -4.09. The van der Waals surface area contributed by atoms with Crippen molar-refractivity contribution in [3.63, 3.8) is 0 Å². The van der Waals surface area contributed by atoms with Crippen molar-refractivity contribution >= 4 is 52.4 Å². The Kier molecular flexibility index (Phi) is 7.35. The van der Waals surface area contributed by atoms with Crippen LogP contribution in [0.2, 0.25) is 10.0 Å². The third-order valence-electron chi connectivity index (χ3n) is 8.99. The number of amides is 2. The molecule has 0 aromatic heterocycles. The molecule has 0 radical (unpaired) electrons. The van der Waals surface area contributed by atoms with Gasteiger partial charge in [0.15, 0.2) is 0 Å². The number of anilines is 2. The molecule has 1 saturated carbocycles. The first-order valence-corrected chi connectivity index (χ1v) is 14.4. The molecule has 224 valence electrons. The second-order valence-electron chi connectivity index (χ2n) is 11.4. The van der Waals surface area contributed by atoms with Gasteiger partial charge in [-0.25, -0.2) is 9.18 Å². The third kappa shape index (κ3) is 4.72. The molecular formula is C31H27Cl2F2N3O5. The van der Waals surface area contributed by atoms with Crippen LogP contribution >= 0.6 is 23.2 Å². The maximum atomic E-state index is 15.9. The lowest BCUT2D eigenvalue weighted by molar-refractivity contribution is -0.122. The first kappa shape index (κ1) is 29.3. The van der Waals surface area contributed by atoms with Gasteiger partial charge in [-0.1, -0.05) is 41.4 Å². The lowest BCUT2D eigenvalue weighted by Gasteiger charge is -2.36. The molecule has 2 heterocycles. The topological polar surface area (TPSA) is 117 Å². The molecule has 4 atom stereocenters. The lowest BCUT2D eigenvalue weighted by Crippen LogP contribution is -2.49. The number of rotatable bonds is 8. The van der Waals surface area contributed by atoms with Crippen LogP contribution in [0.3, 0.4) is 0 Å². The van der Waals surface area contributed by atoms with Crippen molar-refractivity contribution in [3.8, 4) is 5.75 Å². The van der Waals surface area contributed by atoms with Crippen LogP contribution in [0, 0.1) is 11.2 Å². The number of methoxy groups -OCH3 is 1.